The van der Waals surface area contributed by atoms with Crippen LogP contribution in [0.5, 0.6) is 11.5 Å². The third-order valence-electron chi connectivity index (χ3n) is 6.09. The van der Waals surface area contributed by atoms with Crippen LogP contribution in [0.25, 0.3) is 11.3 Å². The van der Waals surface area contributed by atoms with Gasteiger partial charge >= 0.3 is 0 Å². The first-order valence-corrected chi connectivity index (χ1v) is 10.9. The van der Waals surface area contributed by atoms with Crippen molar-refractivity contribution in [3.63, 3.8) is 0 Å². The van der Waals surface area contributed by atoms with Gasteiger partial charge in [-0.3, -0.25) is 14.3 Å². The van der Waals surface area contributed by atoms with Crippen molar-refractivity contribution in [2.45, 2.75) is 44.8 Å². The van der Waals surface area contributed by atoms with Crippen LogP contribution in [0.1, 0.15) is 31.2 Å². The van der Waals surface area contributed by atoms with Crippen molar-refractivity contribution < 1.29 is 9.47 Å². The van der Waals surface area contributed by atoms with E-state index < -0.39 is 0 Å². The third-order valence-corrected chi connectivity index (χ3v) is 6.09. The number of aryl methyl sites for hydroxylation is 2. The molecule has 2 aliphatic rings. The Balaban J connectivity index is 1.35. The monoisotopic (exact) mass is 407 g/mol. The van der Waals surface area contributed by atoms with Crippen LogP contribution in [0, 0.1) is 0 Å². The Hall–Kier alpha value is -2.80. The average molecular weight is 408 g/mol. The molecule has 4 heterocycles. The maximum Gasteiger partial charge on any atom is 0.162 e. The van der Waals surface area contributed by atoms with E-state index >= 15 is 0 Å². The average Bonchev–Trinajstić information content (AvgIpc) is 3.42. The number of hydrogen-bond donors (Lipinski definition) is 0. The highest BCUT2D eigenvalue weighted by Crippen LogP contribution is 2.35. The lowest BCUT2D eigenvalue weighted by Crippen LogP contribution is -2.39. The van der Waals surface area contributed by atoms with Crippen LogP contribution in [0.15, 0.2) is 42.9 Å². The molecule has 7 nitrogen and oxygen atoms in total. The van der Waals surface area contributed by atoms with Gasteiger partial charge in [-0.2, -0.15) is 10.2 Å². The molecule has 1 aromatic carbocycles. The Morgan fingerprint density at radius 1 is 1.13 bits per heavy atom. The number of hydrogen-bond acceptors (Lipinski definition) is 5. The number of aromatic nitrogens is 4. The summed E-state index contributed by atoms with van der Waals surface area (Å²) >= 11 is 0. The molecule has 0 amide bonds. The van der Waals surface area contributed by atoms with Crippen LogP contribution >= 0.6 is 0 Å². The quantitative estimate of drug-likeness (QED) is 0.626. The van der Waals surface area contributed by atoms with Crippen LogP contribution in [-0.4, -0.2) is 50.3 Å². The van der Waals surface area contributed by atoms with Gasteiger partial charge in [-0.25, -0.2) is 0 Å². The number of rotatable bonds is 6. The molecule has 2 aromatic heterocycles. The Labute approximate surface area is 177 Å². The van der Waals surface area contributed by atoms with Crippen molar-refractivity contribution in [1.29, 1.82) is 0 Å². The number of nitrogens with zero attached hydrogens (tertiary/aromatic N) is 5. The van der Waals surface area contributed by atoms with E-state index in [0.717, 1.165) is 48.8 Å². The Kier molecular flexibility index (Phi) is 5.45. The predicted octanol–water partition coefficient (Wildman–Crippen LogP) is 3.50. The van der Waals surface area contributed by atoms with E-state index in [-0.39, 0.29) is 0 Å². The first-order valence-electron chi connectivity index (χ1n) is 10.9. The number of likely N-dealkylation sites (tertiary alicyclic amines) is 1. The Bertz CT molecular complexity index is 982. The number of fused-ring (bicyclic) bond motifs is 1. The van der Waals surface area contributed by atoms with Gasteiger partial charge in [0.2, 0.25) is 0 Å². The number of ether oxygens (including phenoxy) is 2. The summed E-state index contributed by atoms with van der Waals surface area (Å²) in [6.45, 7) is 4.23. The zero-order valence-electron chi connectivity index (χ0n) is 17.5. The Morgan fingerprint density at radius 3 is 2.90 bits per heavy atom. The summed E-state index contributed by atoms with van der Waals surface area (Å²) in [5, 5.41) is 9.15. The molecule has 30 heavy (non-hydrogen) atoms. The molecule has 1 atom stereocenters. The molecule has 7 heteroatoms. The van der Waals surface area contributed by atoms with Crippen molar-refractivity contribution >= 4 is 0 Å². The van der Waals surface area contributed by atoms with Crippen LogP contribution in [-0.2, 0) is 20.1 Å². The maximum absolute atomic E-state index is 5.79. The maximum atomic E-state index is 5.79. The summed E-state index contributed by atoms with van der Waals surface area (Å²) < 4.78 is 15.4. The van der Waals surface area contributed by atoms with E-state index in [1.165, 1.54) is 24.8 Å². The van der Waals surface area contributed by atoms with Gasteiger partial charge in [-0.05, 0) is 50.1 Å². The van der Waals surface area contributed by atoms with Gasteiger partial charge in [0.1, 0.15) is 13.2 Å². The molecule has 3 aromatic rings. The normalized spacial score (nSPS) is 19.2. The fraction of sp³-hybridized carbons (Fsp3) is 0.478. The highest BCUT2D eigenvalue weighted by Gasteiger charge is 2.25. The zero-order valence-corrected chi connectivity index (χ0v) is 17.5. The van der Waals surface area contributed by atoms with Crippen LogP contribution in [0.3, 0.4) is 0 Å². The number of benzene rings is 1. The zero-order chi connectivity index (χ0) is 20.3. The van der Waals surface area contributed by atoms with Gasteiger partial charge in [0.05, 0.1) is 5.69 Å². The fourth-order valence-electron chi connectivity index (χ4n) is 4.61. The molecule has 0 spiro atoms. The summed E-state index contributed by atoms with van der Waals surface area (Å²) in [6.07, 6.45) is 11.0. The lowest BCUT2D eigenvalue weighted by molar-refractivity contribution is 0.127. The molecule has 0 N–H and O–H groups in total. The van der Waals surface area contributed by atoms with Gasteiger partial charge in [-0.1, -0.05) is 6.42 Å². The van der Waals surface area contributed by atoms with Crippen LogP contribution in [0.4, 0.5) is 0 Å². The van der Waals surface area contributed by atoms with E-state index in [2.05, 4.69) is 28.3 Å². The fourth-order valence-corrected chi connectivity index (χ4v) is 4.61. The molecular weight excluding hydrogens is 378 g/mol. The molecule has 1 unspecified atom stereocenters. The molecule has 0 radical (unpaired) electrons. The lowest BCUT2D eigenvalue weighted by atomic mass is 9.98. The minimum Gasteiger partial charge on any atom is -0.486 e. The van der Waals surface area contributed by atoms with Crippen molar-refractivity contribution in [2.24, 2.45) is 7.05 Å². The second kappa shape index (κ2) is 8.52. The number of piperidine rings is 1. The van der Waals surface area contributed by atoms with Crippen molar-refractivity contribution in [3.8, 4) is 22.8 Å². The third kappa shape index (κ3) is 4.07. The molecular formula is C23H29N5O2. The Morgan fingerprint density at radius 2 is 2.03 bits per heavy atom. The predicted molar refractivity (Wildman–Crippen MR) is 115 cm³/mol. The SMILES string of the molecule is Cn1cc(CN2CCCCC2CCn2cccn2)c(-c2ccc3c(c2)OCCO3)n1. The molecule has 0 saturated carbocycles. The molecule has 2 aliphatic heterocycles. The standard InChI is InChI=1S/C23H29N5O2/c1-26-16-19(23(25-26)18-6-7-21-22(15-18)30-14-13-29-21)17-27-10-3-2-5-20(27)8-12-28-11-4-9-24-28/h4,6-7,9,11,15-16,20H,2-3,5,8,10,12-14,17H2,1H3. The van der Waals surface area contributed by atoms with Gasteiger partial charge < -0.3 is 9.47 Å². The van der Waals surface area contributed by atoms with Crippen LogP contribution < -0.4 is 9.47 Å². The van der Waals surface area contributed by atoms with E-state index in [0.29, 0.717) is 19.3 Å². The largest absolute Gasteiger partial charge is 0.486 e. The van der Waals surface area contributed by atoms with E-state index in [9.17, 15) is 0 Å². The second-order valence-corrected chi connectivity index (χ2v) is 8.21. The summed E-state index contributed by atoms with van der Waals surface area (Å²) in [7, 11) is 2.00. The van der Waals surface area contributed by atoms with Gasteiger partial charge in [0, 0.05) is 55.9 Å². The minimum absolute atomic E-state index is 0.580. The second-order valence-electron chi connectivity index (χ2n) is 8.21. The van der Waals surface area contributed by atoms with Crippen LogP contribution in [0.2, 0.25) is 0 Å². The van der Waals surface area contributed by atoms with E-state index in [1.807, 2.05) is 40.9 Å². The molecule has 158 valence electrons. The minimum atomic E-state index is 0.580. The smallest absolute Gasteiger partial charge is 0.162 e. The first-order chi connectivity index (χ1) is 14.8. The molecule has 1 saturated heterocycles. The van der Waals surface area contributed by atoms with E-state index in [1.54, 1.807) is 0 Å². The van der Waals surface area contributed by atoms with E-state index in [4.69, 9.17) is 14.6 Å². The van der Waals surface area contributed by atoms with Gasteiger partial charge in [-0.15, -0.1) is 0 Å². The summed E-state index contributed by atoms with van der Waals surface area (Å²) in [5.74, 6) is 1.63. The highest BCUT2D eigenvalue weighted by atomic mass is 16.6. The van der Waals surface area contributed by atoms with Gasteiger partial charge in [0.15, 0.2) is 11.5 Å². The highest BCUT2D eigenvalue weighted by molar-refractivity contribution is 5.66. The van der Waals surface area contributed by atoms with Crippen molar-refractivity contribution in [2.75, 3.05) is 19.8 Å². The van der Waals surface area contributed by atoms with Gasteiger partial charge in [0.25, 0.3) is 0 Å². The molecule has 1 fully saturated rings. The summed E-state index contributed by atoms with van der Waals surface area (Å²) in [4.78, 5) is 2.63. The molecule has 5 rings (SSSR count). The first kappa shape index (κ1) is 19.2. The molecule has 0 aliphatic carbocycles. The van der Waals surface area contributed by atoms with Crippen molar-refractivity contribution in [3.05, 3.63) is 48.4 Å². The topological polar surface area (TPSA) is 57.3 Å². The lowest BCUT2D eigenvalue weighted by Gasteiger charge is -2.35. The molecule has 0 bridgehead atoms. The summed E-state index contributed by atoms with van der Waals surface area (Å²) in [6, 6.07) is 8.72. The van der Waals surface area contributed by atoms with Crippen molar-refractivity contribution in [1.82, 2.24) is 24.5 Å². The summed E-state index contributed by atoms with van der Waals surface area (Å²) in [5.41, 5.74) is 3.38.